The van der Waals surface area contributed by atoms with Crippen LogP contribution in [0.5, 0.6) is 0 Å². The van der Waals surface area contributed by atoms with Crippen LogP contribution in [0.15, 0.2) is 66.7 Å². The summed E-state index contributed by atoms with van der Waals surface area (Å²) < 4.78 is 0. The van der Waals surface area contributed by atoms with Gasteiger partial charge in [0.2, 0.25) is 0 Å². The number of hydrogen-bond acceptors (Lipinski definition) is 3. The Morgan fingerprint density at radius 2 is 1.07 bits per heavy atom. The Balaban J connectivity index is 2.55. The summed E-state index contributed by atoms with van der Waals surface area (Å²) in [5.74, 6) is -0.763. The first-order valence-electron chi connectivity index (χ1n) is 8.76. The van der Waals surface area contributed by atoms with E-state index in [2.05, 4.69) is 0 Å². The van der Waals surface area contributed by atoms with Gasteiger partial charge in [0.1, 0.15) is 0 Å². The van der Waals surface area contributed by atoms with Gasteiger partial charge in [-0.15, -0.1) is 0 Å². The molecule has 0 heterocycles. The first kappa shape index (κ1) is 18.5. The molecule has 0 spiro atoms. The van der Waals surface area contributed by atoms with E-state index in [-0.39, 0.29) is 28.5 Å². The van der Waals surface area contributed by atoms with Gasteiger partial charge >= 0.3 is 0 Å². The average Bonchev–Trinajstić information content (AvgIpc) is 2.67. The van der Waals surface area contributed by atoms with Crippen LogP contribution in [0.2, 0.25) is 0 Å². The number of benzene rings is 3. The van der Waals surface area contributed by atoms with Gasteiger partial charge in [0.25, 0.3) is 0 Å². The Bertz CT molecular complexity index is 1030. The molecule has 3 aromatic rings. The molecule has 134 valence electrons. The SMILES string of the molecule is CC(=O)c1cc(-c2ccccc2)c(-c2ccccc2)c(C(C)=O)c1C(C)=O. The van der Waals surface area contributed by atoms with Crippen LogP contribution >= 0.6 is 0 Å². The Morgan fingerprint density at radius 1 is 0.593 bits per heavy atom. The van der Waals surface area contributed by atoms with Gasteiger partial charge in [-0.25, -0.2) is 0 Å². The molecule has 0 saturated carbocycles. The fraction of sp³-hybridized carbons (Fsp3) is 0.125. The maximum atomic E-state index is 12.7. The summed E-state index contributed by atoms with van der Waals surface area (Å²) in [5, 5.41) is 0. The first-order chi connectivity index (χ1) is 12.9. The topological polar surface area (TPSA) is 51.2 Å². The Morgan fingerprint density at radius 3 is 1.52 bits per heavy atom. The van der Waals surface area contributed by atoms with E-state index in [1.165, 1.54) is 20.8 Å². The van der Waals surface area contributed by atoms with Crippen molar-refractivity contribution in [3.63, 3.8) is 0 Å². The quantitative estimate of drug-likeness (QED) is 0.557. The van der Waals surface area contributed by atoms with Gasteiger partial charge in [-0.1, -0.05) is 60.7 Å². The van der Waals surface area contributed by atoms with Crippen molar-refractivity contribution in [3.8, 4) is 22.3 Å². The summed E-state index contributed by atoms with van der Waals surface area (Å²) in [6.07, 6.45) is 0. The molecule has 0 aliphatic rings. The highest BCUT2D eigenvalue weighted by atomic mass is 16.1. The molecule has 0 unspecified atom stereocenters. The zero-order chi connectivity index (χ0) is 19.6. The molecule has 3 heteroatoms. The van der Waals surface area contributed by atoms with Gasteiger partial charge in [-0.05, 0) is 43.5 Å². The highest BCUT2D eigenvalue weighted by molar-refractivity contribution is 6.19. The van der Waals surface area contributed by atoms with E-state index < -0.39 is 0 Å². The van der Waals surface area contributed by atoms with Crippen molar-refractivity contribution in [2.75, 3.05) is 0 Å². The zero-order valence-corrected chi connectivity index (χ0v) is 15.6. The van der Waals surface area contributed by atoms with E-state index in [9.17, 15) is 14.4 Å². The number of carbonyl (C=O) groups excluding carboxylic acids is 3. The van der Waals surface area contributed by atoms with Crippen LogP contribution < -0.4 is 0 Å². The third-order valence-corrected chi connectivity index (χ3v) is 4.56. The van der Waals surface area contributed by atoms with Gasteiger partial charge in [0.15, 0.2) is 17.3 Å². The van der Waals surface area contributed by atoms with E-state index in [1.807, 2.05) is 60.7 Å². The molecule has 0 radical (unpaired) electrons. The summed E-state index contributed by atoms with van der Waals surface area (Å²) in [4.78, 5) is 37.4. The predicted octanol–water partition coefficient (Wildman–Crippen LogP) is 5.63. The van der Waals surface area contributed by atoms with Crippen LogP contribution in [-0.4, -0.2) is 17.3 Å². The maximum absolute atomic E-state index is 12.7. The summed E-state index contributed by atoms with van der Waals surface area (Å²) >= 11 is 0. The van der Waals surface area contributed by atoms with Crippen LogP contribution in [0.1, 0.15) is 51.8 Å². The van der Waals surface area contributed by atoms with E-state index in [1.54, 1.807) is 6.07 Å². The minimum atomic E-state index is -0.290. The molecule has 0 saturated heterocycles. The lowest BCUT2D eigenvalue weighted by Gasteiger charge is -2.20. The zero-order valence-electron chi connectivity index (χ0n) is 15.6. The van der Waals surface area contributed by atoms with Crippen LogP contribution in [-0.2, 0) is 0 Å². The monoisotopic (exact) mass is 356 g/mol. The van der Waals surface area contributed by atoms with Gasteiger partial charge in [0, 0.05) is 22.3 Å². The Labute approximate surface area is 158 Å². The third-order valence-electron chi connectivity index (χ3n) is 4.56. The highest BCUT2D eigenvalue weighted by Gasteiger charge is 2.26. The fourth-order valence-corrected chi connectivity index (χ4v) is 3.43. The molecule has 0 atom stereocenters. The van der Waals surface area contributed by atoms with Crippen molar-refractivity contribution >= 4 is 17.3 Å². The Kier molecular flexibility index (Phi) is 5.13. The van der Waals surface area contributed by atoms with Crippen LogP contribution in [0.4, 0.5) is 0 Å². The van der Waals surface area contributed by atoms with Crippen molar-refractivity contribution in [3.05, 3.63) is 83.4 Å². The van der Waals surface area contributed by atoms with Gasteiger partial charge in [-0.3, -0.25) is 14.4 Å². The maximum Gasteiger partial charge on any atom is 0.161 e. The predicted molar refractivity (Wildman–Crippen MR) is 107 cm³/mol. The second-order valence-corrected chi connectivity index (χ2v) is 6.50. The van der Waals surface area contributed by atoms with Crippen molar-refractivity contribution in [2.24, 2.45) is 0 Å². The summed E-state index contributed by atoms with van der Waals surface area (Å²) in [6.45, 7) is 4.25. The van der Waals surface area contributed by atoms with Crippen LogP contribution in [0.25, 0.3) is 22.3 Å². The molecule has 0 aliphatic carbocycles. The van der Waals surface area contributed by atoms with Gasteiger partial charge in [-0.2, -0.15) is 0 Å². The van der Waals surface area contributed by atoms with Crippen molar-refractivity contribution in [2.45, 2.75) is 20.8 Å². The molecule has 0 bridgehead atoms. The first-order valence-corrected chi connectivity index (χ1v) is 8.76. The normalized spacial score (nSPS) is 10.5. The lowest BCUT2D eigenvalue weighted by molar-refractivity contribution is 0.0968. The molecular formula is C24H20O3. The lowest BCUT2D eigenvalue weighted by atomic mass is 9.82. The van der Waals surface area contributed by atoms with Crippen molar-refractivity contribution in [1.82, 2.24) is 0 Å². The summed E-state index contributed by atoms with van der Waals surface area (Å²) in [7, 11) is 0. The molecule has 3 aromatic carbocycles. The van der Waals surface area contributed by atoms with Crippen LogP contribution in [0.3, 0.4) is 0 Å². The molecule has 0 N–H and O–H groups in total. The average molecular weight is 356 g/mol. The molecule has 0 amide bonds. The largest absolute Gasteiger partial charge is 0.294 e. The molecular weight excluding hydrogens is 336 g/mol. The third kappa shape index (κ3) is 3.49. The second-order valence-electron chi connectivity index (χ2n) is 6.50. The summed E-state index contributed by atoms with van der Waals surface area (Å²) in [5.41, 5.74) is 3.96. The molecule has 3 nitrogen and oxygen atoms in total. The molecule has 0 aromatic heterocycles. The highest BCUT2D eigenvalue weighted by Crippen LogP contribution is 2.39. The number of rotatable bonds is 5. The van der Waals surface area contributed by atoms with E-state index >= 15 is 0 Å². The molecule has 3 rings (SSSR count). The second kappa shape index (κ2) is 7.50. The molecule has 27 heavy (non-hydrogen) atoms. The minimum absolute atomic E-state index is 0.202. The lowest BCUT2D eigenvalue weighted by Crippen LogP contribution is -2.14. The molecule has 0 fully saturated rings. The molecule has 0 aliphatic heterocycles. The van der Waals surface area contributed by atoms with Gasteiger partial charge < -0.3 is 0 Å². The smallest absolute Gasteiger partial charge is 0.161 e. The summed E-state index contributed by atoms with van der Waals surface area (Å²) in [6, 6.07) is 20.8. The van der Waals surface area contributed by atoms with E-state index in [0.717, 1.165) is 16.7 Å². The van der Waals surface area contributed by atoms with Crippen LogP contribution in [0, 0.1) is 0 Å². The number of Topliss-reactive ketones (excluding diaryl/α,β-unsaturated/α-hetero) is 3. The standard InChI is InChI=1S/C24H20O3/c1-15(25)20-14-21(18-10-6-4-7-11-18)24(19-12-8-5-9-13-19)23(17(3)27)22(20)16(2)26/h4-14H,1-3H3. The number of ketones is 3. The van der Waals surface area contributed by atoms with Crippen molar-refractivity contribution in [1.29, 1.82) is 0 Å². The van der Waals surface area contributed by atoms with E-state index in [4.69, 9.17) is 0 Å². The van der Waals surface area contributed by atoms with Gasteiger partial charge in [0.05, 0.1) is 0 Å². The fourth-order valence-electron chi connectivity index (χ4n) is 3.43. The van der Waals surface area contributed by atoms with Crippen molar-refractivity contribution < 1.29 is 14.4 Å². The minimum Gasteiger partial charge on any atom is -0.294 e. The Hall–Kier alpha value is -3.33. The number of carbonyl (C=O) groups is 3. The van der Waals surface area contributed by atoms with E-state index in [0.29, 0.717) is 11.1 Å². The number of hydrogen-bond donors (Lipinski definition) is 0.